The van der Waals surface area contributed by atoms with Crippen LogP contribution in [0.1, 0.15) is 17.3 Å². The number of nitrogens with one attached hydrogen (secondary N) is 2. The third kappa shape index (κ3) is 5.57. The van der Waals surface area contributed by atoms with Crippen LogP contribution in [0.4, 0.5) is 17.1 Å². The quantitative estimate of drug-likeness (QED) is 0.820. The van der Waals surface area contributed by atoms with E-state index in [2.05, 4.69) is 10.6 Å². The first kappa shape index (κ1) is 20.0. The number of nitrogens with zero attached hydrogens (tertiary/aromatic N) is 2. The van der Waals surface area contributed by atoms with E-state index in [1.807, 2.05) is 24.3 Å². The molecule has 0 bridgehead atoms. The summed E-state index contributed by atoms with van der Waals surface area (Å²) >= 11 is 0. The van der Waals surface area contributed by atoms with E-state index in [1.165, 1.54) is 11.8 Å². The summed E-state index contributed by atoms with van der Waals surface area (Å²) in [7, 11) is 5.08. The van der Waals surface area contributed by atoms with Crippen LogP contribution in [0.3, 0.4) is 0 Å². The summed E-state index contributed by atoms with van der Waals surface area (Å²) in [4.78, 5) is 38.3. The molecule has 7 nitrogen and oxygen atoms in total. The number of hydrogen-bond acceptors (Lipinski definition) is 4. The normalized spacial score (nSPS) is 10.1. The van der Waals surface area contributed by atoms with Crippen molar-refractivity contribution in [3.8, 4) is 0 Å². The van der Waals surface area contributed by atoms with Crippen LogP contribution in [0.25, 0.3) is 0 Å². The van der Waals surface area contributed by atoms with Crippen molar-refractivity contribution in [3.05, 3.63) is 54.1 Å². The molecule has 3 amide bonds. The monoisotopic (exact) mass is 368 g/mol. The Bertz CT molecular complexity index is 814. The fourth-order valence-corrected chi connectivity index (χ4v) is 2.33. The lowest BCUT2D eigenvalue weighted by Gasteiger charge is -2.15. The van der Waals surface area contributed by atoms with E-state index >= 15 is 0 Å². The Kier molecular flexibility index (Phi) is 6.54. The van der Waals surface area contributed by atoms with Crippen LogP contribution in [-0.4, -0.2) is 50.3 Å². The molecule has 0 fully saturated rings. The maximum atomic E-state index is 12.1. The van der Waals surface area contributed by atoms with Crippen LogP contribution in [0.2, 0.25) is 0 Å². The van der Waals surface area contributed by atoms with Crippen LogP contribution in [-0.2, 0) is 9.59 Å². The van der Waals surface area contributed by atoms with Crippen molar-refractivity contribution in [1.82, 2.24) is 4.90 Å². The molecule has 142 valence electrons. The maximum Gasteiger partial charge on any atom is 0.253 e. The molecule has 2 aromatic rings. The fraction of sp³-hybridized carbons (Fsp3) is 0.250. The summed E-state index contributed by atoms with van der Waals surface area (Å²) in [5.41, 5.74) is 2.74. The molecular formula is C20H24N4O3. The number of carbonyl (C=O) groups excluding carboxylic acids is 3. The Morgan fingerprint density at radius 2 is 1.41 bits per heavy atom. The molecule has 7 heteroatoms. The lowest BCUT2D eigenvalue weighted by atomic mass is 10.2. The number of benzene rings is 2. The second-order valence-electron chi connectivity index (χ2n) is 6.30. The summed E-state index contributed by atoms with van der Waals surface area (Å²) in [6, 6.07) is 14.0. The molecule has 0 radical (unpaired) electrons. The van der Waals surface area contributed by atoms with E-state index in [-0.39, 0.29) is 24.3 Å². The Balaban J connectivity index is 1.87. The molecule has 0 saturated carbocycles. The van der Waals surface area contributed by atoms with Gasteiger partial charge >= 0.3 is 0 Å². The third-order valence-electron chi connectivity index (χ3n) is 4.00. The molecule has 2 N–H and O–H groups in total. The molecule has 2 aromatic carbocycles. The maximum absolute atomic E-state index is 12.1. The van der Waals surface area contributed by atoms with E-state index in [4.69, 9.17) is 0 Å². The van der Waals surface area contributed by atoms with Crippen molar-refractivity contribution in [2.24, 2.45) is 0 Å². The van der Waals surface area contributed by atoms with Crippen molar-refractivity contribution >= 4 is 34.8 Å². The summed E-state index contributed by atoms with van der Waals surface area (Å²) in [6.45, 7) is 1.60. The first-order valence-corrected chi connectivity index (χ1v) is 8.47. The molecule has 0 saturated heterocycles. The van der Waals surface area contributed by atoms with Gasteiger partial charge < -0.3 is 20.4 Å². The van der Waals surface area contributed by atoms with Gasteiger partial charge in [0.05, 0.1) is 6.54 Å². The van der Waals surface area contributed by atoms with E-state index in [9.17, 15) is 14.4 Å². The number of amides is 3. The SMILES string of the molecule is CC(=O)N(C)c1ccc(NCC(=O)Nc2ccc(C(=O)N(C)C)cc2)cc1. The zero-order chi connectivity index (χ0) is 20.0. The summed E-state index contributed by atoms with van der Waals surface area (Å²) in [5, 5.41) is 5.80. The van der Waals surface area contributed by atoms with Gasteiger partial charge in [0.2, 0.25) is 11.8 Å². The van der Waals surface area contributed by atoms with Gasteiger partial charge in [0.1, 0.15) is 0 Å². The lowest BCUT2D eigenvalue weighted by Crippen LogP contribution is -2.23. The van der Waals surface area contributed by atoms with Crippen LogP contribution in [0.15, 0.2) is 48.5 Å². The summed E-state index contributed by atoms with van der Waals surface area (Å²) < 4.78 is 0. The average Bonchev–Trinajstić information content (AvgIpc) is 2.66. The highest BCUT2D eigenvalue weighted by Gasteiger charge is 2.09. The predicted molar refractivity (Wildman–Crippen MR) is 107 cm³/mol. The topological polar surface area (TPSA) is 81.8 Å². The molecule has 0 unspecified atom stereocenters. The summed E-state index contributed by atoms with van der Waals surface area (Å²) in [6.07, 6.45) is 0. The minimum absolute atomic E-state index is 0.0478. The van der Waals surface area contributed by atoms with E-state index < -0.39 is 0 Å². The van der Waals surface area contributed by atoms with Gasteiger partial charge in [0.15, 0.2) is 0 Å². The lowest BCUT2D eigenvalue weighted by molar-refractivity contribution is -0.116. The van der Waals surface area contributed by atoms with Gasteiger partial charge in [-0.05, 0) is 48.5 Å². The number of rotatable bonds is 6. The number of carbonyl (C=O) groups is 3. The first-order valence-electron chi connectivity index (χ1n) is 8.47. The third-order valence-corrected chi connectivity index (χ3v) is 4.00. The molecule has 2 rings (SSSR count). The van der Waals surface area contributed by atoms with Crippen molar-refractivity contribution < 1.29 is 14.4 Å². The molecule has 0 aliphatic heterocycles. The van der Waals surface area contributed by atoms with Crippen LogP contribution in [0, 0.1) is 0 Å². The van der Waals surface area contributed by atoms with Crippen LogP contribution < -0.4 is 15.5 Å². The van der Waals surface area contributed by atoms with E-state index in [0.29, 0.717) is 11.3 Å². The van der Waals surface area contributed by atoms with Crippen molar-refractivity contribution in [3.63, 3.8) is 0 Å². The molecule has 0 spiro atoms. The van der Waals surface area contributed by atoms with Crippen molar-refractivity contribution in [2.75, 3.05) is 43.2 Å². The van der Waals surface area contributed by atoms with Crippen LogP contribution >= 0.6 is 0 Å². The highest BCUT2D eigenvalue weighted by Crippen LogP contribution is 2.17. The number of anilines is 3. The van der Waals surface area contributed by atoms with Gasteiger partial charge in [-0.1, -0.05) is 0 Å². The van der Waals surface area contributed by atoms with Gasteiger partial charge in [-0.15, -0.1) is 0 Å². The second-order valence-corrected chi connectivity index (χ2v) is 6.30. The summed E-state index contributed by atoms with van der Waals surface area (Å²) in [5.74, 6) is -0.339. The molecule has 27 heavy (non-hydrogen) atoms. The molecular weight excluding hydrogens is 344 g/mol. The fourth-order valence-electron chi connectivity index (χ4n) is 2.33. The zero-order valence-electron chi connectivity index (χ0n) is 15.9. The first-order chi connectivity index (χ1) is 12.8. The average molecular weight is 368 g/mol. The van der Waals surface area contributed by atoms with Crippen LogP contribution in [0.5, 0.6) is 0 Å². The second kappa shape index (κ2) is 8.84. The number of hydrogen-bond donors (Lipinski definition) is 2. The predicted octanol–water partition coefficient (Wildman–Crippen LogP) is 2.42. The standard InChI is InChI=1S/C20H24N4O3/c1-14(25)24(4)18-11-9-16(10-12-18)21-13-19(26)22-17-7-5-15(6-8-17)20(27)23(2)3/h5-12,21H,13H2,1-4H3,(H,22,26). The molecule has 0 heterocycles. The minimum Gasteiger partial charge on any atom is -0.376 e. The van der Waals surface area contributed by atoms with Gasteiger partial charge in [0.25, 0.3) is 5.91 Å². The van der Waals surface area contributed by atoms with E-state index in [0.717, 1.165) is 11.4 Å². The molecule has 0 aliphatic carbocycles. The van der Waals surface area contributed by atoms with Gasteiger partial charge in [-0.2, -0.15) is 0 Å². The highest BCUT2D eigenvalue weighted by molar-refractivity contribution is 5.96. The Morgan fingerprint density at radius 3 is 1.93 bits per heavy atom. The van der Waals surface area contributed by atoms with Gasteiger partial charge in [-0.3, -0.25) is 14.4 Å². The van der Waals surface area contributed by atoms with Crippen molar-refractivity contribution in [2.45, 2.75) is 6.92 Å². The highest BCUT2D eigenvalue weighted by atomic mass is 16.2. The largest absolute Gasteiger partial charge is 0.376 e. The molecule has 0 aliphatic rings. The molecule has 0 atom stereocenters. The van der Waals surface area contributed by atoms with E-state index in [1.54, 1.807) is 50.3 Å². The molecule has 0 aromatic heterocycles. The smallest absolute Gasteiger partial charge is 0.253 e. The van der Waals surface area contributed by atoms with Gasteiger partial charge in [0, 0.05) is 50.7 Å². The zero-order valence-corrected chi connectivity index (χ0v) is 15.9. The Morgan fingerprint density at radius 1 is 0.852 bits per heavy atom. The Labute approximate surface area is 159 Å². The Hall–Kier alpha value is -3.35. The van der Waals surface area contributed by atoms with Crippen molar-refractivity contribution in [1.29, 1.82) is 0 Å². The minimum atomic E-state index is -0.202. The van der Waals surface area contributed by atoms with Gasteiger partial charge in [-0.25, -0.2) is 0 Å².